The summed E-state index contributed by atoms with van der Waals surface area (Å²) < 4.78 is 56.0. The van der Waals surface area contributed by atoms with Crippen LogP contribution < -0.4 is 9.04 Å². The van der Waals surface area contributed by atoms with Crippen LogP contribution in [0.5, 0.6) is 5.75 Å². The number of hydrogen-bond acceptors (Lipinski definition) is 8. The zero-order valence-corrected chi connectivity index (χ0v) is 28.1. The molecule has 1 N–H and O–H groups in total. The molecule has 1 heterocycles. The minimum atomic E-state index is -4.60. The normalized spacial score (nSPS) is 13.6. The maximum absolute atomic E-state index is 15.2. The minimum absolute atomic E-state index is 0.0638. The zero-order chi connectivity index (χ0) is 35.1. The van der Waals surface area contributed by atoms with Crippen LogP contribution in [0, 0.1) is 29.8 Å². The van der Waals surface area contributed by atoms with Gasteiger partial charge in [-0.15, -0.1) is 0 Å². The molecule has 0 spiro atoms. The van der Waals surface area contributed by atoms with Gasteiger partial charge in [-0.3, -0.25) is 24.1 Å². The van der Waals surface area contributed by atoms with E-state index in [4.69, 9.17) is 14.6 Å². The van der Waals surface area contributed by atoms with Crippen LogP contribution in [-0.4, -0.2) is 68.8 Å². The minimum Gasteiger partial charge on any atom is -0.492 e. The molecule has 11 nitrogen and oxygen atoms in total. The maximum Gasteiger partial charge on any atom is 0.303 e. The fraction of sp³-hybridized carbons (Fsp3) is 0.306. The molecule has 49 heavy (non-hydrogen) atoms. The van der Waals surface area contributed by atoms with Crippen LogP contribution in [0.2, 0.25) is 0 Å². The van der Waals surface area contributed by atoms with Gasteiger partial charge in [0.15, 0.2) is 4.90 Å². The number of halogens is 1. The van der Waals surface area contributed by atoms with Crippen molar-refractivity contribution in [3.63, 3.8) is 0 Å². The molecule has 0 bridgehead atoms. The van der Waals surface area contributed by atoms with E-state index in [1.807, 2.05) is 38.1 Å². The molecule has 258 valence electrons. The first-order chi connectivity index (χ1) is 23.4. The molecule has 1 saturated heterocycles. The lowest BCUT2D eigenvalue weighted by Gasteiger charge is -2.26. The zero-order valence-electron chi connectivity index (χ0n) is 27.3. The van der Waals surface area contributed by atoms with E-state index in [1.54, 1.807) is 12.1 Å². The molecule has 13 heteroatoms. The van der Waals surface area contributed by atoms with Gasteiger partial charge in [-0.25, -0.2) is 12.8 Å². The lowest BCUT2D eigenvalue weighted by Crippen LogP contribution is -2.38. The number of aryl methyl sites for hydroxylation is 3. The highest BCUT2D eigenvalue weighted by Gasteiger charge is 2.32. The lowest BCUT2D eigenvalue weighted by molar-refractivity contribution is -0.387. The summed E-state index contributed by atoms with van der Waals surface area (Å²) >= 11 is 0. The number of carboxylic acid groups (broad SMARTS) is 1. The van der Waals surface area contributed by atoms with Crippen LogP contribution in [0.4, 0.5) is 15.8 Å². The molecule has 0 aliphatic carbocycles. The Morgan fingerprint density at radius 2 is 1.73 bits per heavy atom. The number of hydrogen-bond donors (Lipinski definition) is 1. The van der Waals surface area contributed by atoms with Crippen molar-refractivity contribution in [3.8, 4) is 16.9 Å². The van der Waals surface area contributed by atoms with Crippen molar-refractivity contribution in [2.75, 3.05) is 43.8 Å². The fourth-order valence-corrected chi connectivity index (χ4v) is 7.57. The van der Waals surface area contributed by atoms with E-state index in [-0.39, 0.29) is 30.6 Å². The fourth-order valence-electron chi connectivity index (χ4n) is 5.97. The van der Waals surface area contributed by atoms with Gasteiger partial charge in [0.2, 0.25) is 0 Å². The number of para-hydroxylation sites is 1. The van der Waals surface area contributed by atoms with Crippen molar-refractivity contribution >= 4 is 27.4 Å². The Balaban J connectivity index is 1.46. The number of nitro benzene ring substituents is 1. The monoisotopic (exact) mass is 691 g/mol. The summed E-state index contributed by atoms with van der Waals surface area (Å²) in [6.45, 7) is 8.23. The molecule has 1 fully saturated rings. The molecule has 4 aromatic rings. The number of aliphatic carboxylic acids is 1. The van der Waals surface area contributed by atoms with Crippen molar-refractivity contribution in [2.45, 2.75) is 38.1 Å². The van der Waals surface area contributed by atoms with Gasteiger partial charge >= 0.3 is 5.97 Å². The number of nitrogens with zero attached hydrogens (tertiary/aromatic N) is 3. The lowest BCUT2D eigenvalue weighted by atomic mass is 9.94. The Kier molecular flexibility index (Phi) is 11.3. The van der Waals surface area contributed by atoms with E-state index in [2.05, 4.69) is 4.90 Å². The molecule has 0 unspecified atom stereocenters. The van der Waals surface area contributed by atoms with Crippen LogP contribution in [0.1, 0.15) is 28.7 Å². The number of anilines is 1. The molecule has 0 aromatic heterocycles. The molecule has 5 rings (SSSR count). The molecule has 0 atom stereocenters. The van der Waals surface area contributed by atoms with E-state index in [0.717, 1.165) is 83.4 Å². The molecule has 1 aliphatic rings. The number of rotatable bonds is 14. The first-order valence-electron chi connectivity index (χ1n) is 15.8. The Morgan fingerprint density at radius 1 is 1.02 bits per heavy atom. The van der Waals surface area contributed by atoms with Gasteiger partial charge in [-0.2, -0.15) is 0 Å². The summed E-state index contributed by atoms with van der Waals surface area (Å²) in [6, 6.07) is 19.9. The van der Waals surface area contributed by atoms with Crippen LogP contribution in [0.3, 0.4) is 0 Å². The van der Waals surface area contributed by atoms with Crippen molar-refractivity contribution in [1.29, 1.82) is 0 Å². The second kappa shape index (κ2) is 15.6. The Hall–Kier alpha value is -4.85. The van der Waals surface area contributed by atoms with Crippen LogP contribution in [0.25, 0.3) is 11.1 Å². The number of carbonyl (C=O) groups is 1. The highest BCUT2D eigenvalue weighted by Crippen LogP contribution is 2.35. The van der Waals surface area contributed by atoms with Crippen molar-refractivity contribution in [2.24, 2.45) is 0 Å². The number of carboxylic acids is 1. The molecule has 4 aromatic carbocycles. The van der Waals surface area contributed by atoms with Gasteiger partial charge in [0, 0.05) is 32.1 Å². The molecular weight excluding hydrogens is 653 g/mol. The van der Waals surface area contributed by atoms with Crippen LogP contribution in [0.15, 0.2) is 83.8 Å². The summed E-state index contributed by atoms with van der Waals surface area (Å²) in [5.41, 5.74) is 3.68. The predicted octanol–water partition coefficient (Wildman–Crippen LogP) is 6.14. The van der Waals surface area contributed by atoms with E-state index in [9.17, 15) is 23.3 Å². The van der Waals surface area contributed by atoms with E-state index >= 15 is 4.39 Å². The van der Waals surface area contributed by atoms with E-state index < -0.39 is 37.3 Å². The SMILES string of the molecule is Cc1cc(OCCN2CCOCC2)cc(C)c1-c1cccc(CN(c2ccc(CCC(=O)O)c(F)c2)S(=O)(=O)c2ccccc2[N+](=O)[O-])c1. The number of nitro groups is 1. The molecule has 0 radical (unpaired) electrons. The molecule has 1 aliphatic heterocycles. The van der Waals surface area contributed by atoms with Gasteiger partial charge in [0.25, 0.3) is 15.7 Å². The quantitative estimate of drug-likeness (QED) is 0.122. The first kappa shape index (κ1) is 35.5. The largest absolute Gasteiger partial charge is 0.492 e. The number of morpholine rings is 1. The van der Waals surface area contributed by atoms with E-state index in [1.165, 1.54) is 24.3 Å². The maximum atomic E-state index is 15.2. The summed E-state index contributed by atoms with van der Waals surface area (Å²) in [4.78, 5) is 23.9. The standard InChI is InChI=1S/C36H38FN3O8S/c1-25-20-31(48-19-16-38-14-17-47-18-15-38)21-26(2)36(25)29-7-5-6-27(22-29)24-39(30-12-10-28(32(37)23-30)11-13-35(41)42)49(45,46)34-9-4-3-8-33(34)40(43)44/h3-10,12,20-23H,11,13-19,24H2,1-2H3,(H,41,42). The number of ether oxygens (including phenoxy) is 2. The van der Waals surface area contributed by atoms with E-state index in [0.29, 0.717) is 12.2 Å². The van der Waals surface area contributed by atoms with Crippen molar-refractivity contribution in [3.05, 3.63) is 117 Å². The van der Waals surface area contributed by atoms with Gasteiger partial charge in [0.1, 0.15) is 18.2 Å². The third kappa shape index (κ3) is 8.60. The van der Waals surface area contributed by atoms with Crippen molar-refractivity contribution in [1.82, 2.24) is 4.90 Å². The third-order valence-electron chi connectivity index (χ3n) is 8.39. The van der Waals surface area contributed by atoms with Gasteiger partial charge in [-0.1, -0.05) is 36.4 Å². The Morgan fingerprint density at radius 3 is 2.41 bits per heavy atom. The highest BCUT2D eigenvalue weighted by molar-refractivity contribution is 7.93. The summed E-state index contributed by atoms with van der Waals surface area (Å²) in [5.74, 6) is -1.13. The van der Waals surface area contributed by atoms with Gasteiger partial charge < -0.3 is 14.6 Å². The smallest absolute Gasteiger partial charge is 0.303 e. The third-order valence-corrected chi connectivity index (χ3v) is 10.2. The molecule has 0 amide bonds. The molecular formula is C36H38FN3O8S. The van der Waals surface area contributed by atoms with Gasteiger partial charge in [0.05, 0.1) is 30.4 Å². The Bertz CT molecular complexity index is 1920. The first-order valence-corrected chi connectivity index (χ1v) is 17.3. The van der Waals surface area contributed by atoms with Crippen LogP contribution >= 0.6 is 0 Å². The summed E-state index contributed by atoms with van der Waals surface area (Å²) in [6.07, 6.45) is -0.390. The van der Waals surface area contributed by atoms with Crippen LogP contribution in [-0.2, 0) is 32.5 Å². The average Bonchev–Trinajstić information content (AvgIpc) is 3.07. The van der Waals surface area contributed by atoms with Crippen molar-refractivity contribution < 1.29 is 37.1 Å². The Labute approximate surface area is 284 Å². The summed E-state index contributed by atoms with van der Waals surface area (Å²) in [5, 5.41) is 20.9. The molecule has 0 saturated carbocycles. The number of sulfonamides is 1. The number of benzene rings is 4. The second-order valence-corrected chi connectivity index (χ2v) is 13.7. The highest BCUT2D eigenvalue weighted by atomic mass is 32.2. The summed E-state index contributed by atoms with van der Waals surface area (Å²) in [7, 11) is -4.60. The van der Waals surface area contributed by atoms with Gasteiger partial charge in [-0.05, 0) is 90.0 Å². The average molecular weight is 692 g/mol. The second-order valence-electron chi connectivity index (χ2n) is 11.8. The predicted molar refractivity (Wildman–Crippen MR) is 183 cm³/mol. The topological polar surface area (TPSA) is 140 Å².